The Kier molecular flexibility index (Phi) is 4.84. The molecule has 2 aromatic carbocycles. The fourth-order valence-electron chi connectivity index (χ4n) is 2.09. The molecule has 0 aliphatic rings. The number of carboxylic acid groups (broad SMARTS) is 1. The lowest BCUT2D eigenvalue weighted by Crippen LogP contribution is -2.00. The molecule has 0 aliphatic heterocycles. The molecule has 0 saturated heterocycles. The van der Waals surface area contributed by atoms with Gasteiger partial charge in [0.2, 0.25) is 0 Å². The number of carbonyl (C=O) groups is 1. The van der Waals surface area contributed by atoms with E-state index in [1.807, 2.05) is 19.1 Å². The van der Waals surface area contributed by atoms with Crippen LogP contribution in [-0.4, -0.2) is 25.3 Å². The van der Waals surface area contributed by atoms with E-state index >= 15 is 0 Å². The monoisotopic (exact) mass is 298 g/mol. The van der Waals surface area contributed by atoms with E-state index in [9.17, 15) is 9.90 Å². The summed E-state index contributed by atoms with van der Waals surface area (Å²) < 4.78 is 10.5. The van der Waals surface area contributed by atoms with Crippen molar-refractivity contribution in [3.63, 3.8) is 0 Å². The lowest BCUT2D eigenvalue weighted by molar-refractivity contribution is -0.130. The van der Waals surface area contributed by atoms with E-state index in [4.69, 9.17) is 9.47 Å². The molecule has 1 N–H and O–H groups in total. The van der Waals surface area contributed by atoms with Crippen LogP contribution in [0.15, 0.2) is 42.5 Å². The van der Waals surface area contributed by atoms with Crippen molar-refractivity contribution in [3.05, 3.63) is 59.2 Å². The Hall–Kier alpha value is -2.75. The zero-order valence-electron chi connectivity index (χ0n) is 12.8. The Morgan fingerprint density at radius 2 is 1.73 bits per heavy atom. The van der Waals surface area contributed by atoms with E-state index in [1.54, 1.807) is 50.6 Å². The molecule has 0 aliphatic carbocycles. The van der Waals surface area contributed by atoms with Gasteiger partial charge in [-0.1, -0.05) is 29.8 Å². The standard InChI is InChI=1S/C18H18O4/c1-12-4-6-13(7-5-12)16(18(19)20)10-14-8-9-15(21-2)11-17(14)22-3/h4-11H,1-3H3,(H,19,20)/b16-10-. The van der Waals surface area contributed by atoms with Crippen LogP contribution in [0.4, 0.5) is 0 Å². The van der Waals surface area contributed by atoms with Crippen LogP contribution >= 0.6 is 0 Å². The second-order valence-electron chi connectivity index (χ2n) is 4.84. The number of methoxy groups -OCH3 is 2. The fraction of sp³-hybridized carbons (Fsp3) is 0.167. The highest BCUT2D eigenvalue weighted by atomic mass is 16.5. The molecule has 0 saturated carbocycles. The number of aliphatic carboxylic acids is 1. The van der Waals surface area contributed by atoms with Gasteiger partial charge in [0.25, 0.3) is 0 Å². The number of aryl methyl sites for hydroxylation is 1. The smallest absolute Gasteiger partial charge is 0.336 e. The van der Waals surface area contributed by atoms with Crippen LogP contribution in [0.3, 0.4) is 0 Å². The predicted molar refractivity (Wildman–Crippen MR) is 86.2 cm³/mol. The van der Waals surface area contributed by atoms with Crippen molar-refractivity contribution in [1.82, 2.24) is 0 Å². The van der Waals surface area contributed by atoms with E-state index in [2.05, 4.69) is 0 Å². The predicted octanol–water partition coefficient (Wildman–Crippen LogP) is 3.64. The zero-order chi connectivity index (χ0) is 16.1. The molecular weight excluding hydrogens is 280 g/mol. The van der Waals surface area contributed by atoms with Crippen LogP contribution in [-0.2, 0) is 4.79 Å². The Balaban J connectivity index is 2.51. The molecule has 0 fully saturated rings. The van der Waals surface area contributed by atoms with Gasteiger partial charge in [0, 0.05) is 11.6 Å². The minimum Gasteiger partial charge on any atom is -0.497 e. The molecule has 2 rings (SSSR count). The third kappa shape index (κ3) is 3.47. The van der Waals surface area contributed by atoms with Gasteiger partial charge in [0.05, 0.1) is 19.8 Å². The lowest BCUT2D eigenvalue weighted by atomic mass is 10.0. The summed E-state index contributed by atoms with van der Waals surface area (Å²) in [5.41, 5.74) is 2.62. The first-order valence-corrected chi connectivity index (χ1v) is 6.79. The quantitative estimate of drug-likeness (QED) is 0.676. The molecule has 0 unspecified atom stereocenters. The van der Waals surface area contributed by atoms with E-state index in [-0.39, 0.29) is 5.57 Å². The topological polar surface area (TPSA) is 55.8 Å². The van der Waals surface area contributed by atoms with E-state index in [0.29, 0.717) is 22.6 Å². The minimum atomic E-state index is -0.985. The van der Waals surface area contributed by atoms with E-state index in [1.165, 1.54) is 0 Å². The largest absolute Gasteiger partial charge is 0.497 e. The van der Waals surface area contributed by atoms with Crippen molar-refractivity contribution in [2.24, 2.45) is 0 Å². The van der Waals surface area contributed by atoms with E-state index < -0.39 is 5.97 Å². The first kappa shape index (κ1) is 15.6. The maximum absolute atomic E-state index is 11.6. The van der Waals surface area contributed by atoms with Crippen LogP contribution in [0.1, 0.15) is 16.7 Å². The summed E-state index contributed by atoms with van der Waals surface area (Å²) >= 11 is 0. The molecule has 0 bridgehead atoms. The van der Waals surface area contributed by atoms with Gasteiger partial charge in [-0.2, -0.15) is 0 Å². The van der Waals surface area contributed by atoms with Gasteiger partial charge in [0.1, 0.15) is 11.5 Å². The van der Waals surface area contributed by atoms with Crippen molar-refractivity contribution < 1.29 is 19.4 Å². The molecule has 0 atom stereocenters. The molecule has 0 radical (unpaired) electrons. The Bertz CT molecular complexity index is 700. The number of hydrogen-bond donors (Lipinski definition) is 1. The zero-order valence-corrected chi connectivity index (χ0v) is 12.8. The summed E-state index contributed by atoms with van der Waals surface area (Å²) in [6.07, 6.45) is 1.60. The van der Waals surface area contributed by atoms with Crippen molar-refractivity contribution in [1.29, 1.82) is 0 Å². The molecule has 2 aromatic rings. The van der Waals surface area contributed by atoms with Crippen molar-refractivity contribution in [2.45, 2.75) is 6.92 Å². The molecule has 22 heavy (non-hydrogen) atoms. The highest BCUT2D eigenvalue weighted by molar-refractivity contribution is 6.20. The summed E-state index contributed by atoms with van der Waals surface area (Å²) in [4.78, 5) is 11.6. The second-order valence-corrected chi connectivity index (χ2v) is 4.84. The van der Waals surface area contributed by atoms with Crippen LogP contribution in [0, 0.1) is 6.92 Å². The molecule has 114 valence electrons. The maximum Gasteiger partial charge on any atom is 0.336 e. The first-order valence-electron chi connectivity index (χ1n) is 6.79. The molecule has 4 nitrogen and oxygen atoms in total. The van der Waals surface area contributed by atoms with Gasteiger partial charge in [0.15, 0.2) is 0 Å². The molecule has 0 spiro atoms. The average molecular weight is 298 g/mol. The maximum atomic E-state index is 11.6. The molecular formula is C18H18O4. The highest BCUT2D eigenvalue weighted by Crippen LogP contribution is 2.28. The van der Waals surface area contributed by atoms with Crippen molar-refractivity contribution >= 4 is 17.6 Å². The number of rotatable bonds is 5. The molecule has 0 amide bonds. The van der Waals surface area contributed by atoms with Gasteiger partial charge < -0.3 is 14.6 Å². The van der Waals surface area contributed by atoms with Crippen molar-refractivity contribution in [3.8, 4) is 11.5 Å². The highest BCUT2D eigenvalue weighted by Gasteiger charge is 2.12. The summed E-state index contributed by atoms with van der Waals surface area (Å²) in [5, 5.41) is 9.49. The second kappa shape index (κ2) is 6.80. The SMILES string of the molecule is COc1ccc(/C=C(\C(=O)O)c2ccc(C)cc2)c(OC)c1. The van der Waals surface area contributed by atoms with Gasteiger partial charge in [-0.15, -0.1) is 0 Å². The Labute approximate surface area is 129 Å². The summed E-state index contributed by atoms with van der Waals surface area (Å²) in [6.45, 7) is 1.96. The molecule has 0 heterocycles. The summed E-state index contributed by atoms with van der Waals surface area (Å²) in [7, 11) is 3.11. The van der Waals surface area contributed by atoms with Gasteiger partial charge in [-0.05, 0) is 30.7 Å². The van der Waals surface area contributed by atoms with E-state index in [0.717, 1.165) is 5.56 Å². The third-order valence-electron chi connectivity index (χ3n) is 3.33. The van der Waals surface area contributed by atoms with Gasteiger partial charge >= 0.3 is 5.97 Å². The number of ether oxygens (including phenoxy) is 2. The lowest BCUT2D eigenvalue weighted by Gasteiger charge is -2.09. The minimum absolute atomic E-state index is 0.212. The molecule has 0 aromatic heterocycles. The number of carboxylic acids is 1. The normalized spacial score (nSPS) is 11.1. The first-order chi connectivity index (χ1) is 10.5. The third-order valence-corrected chi connectivity index (χ3v) is 3.33. The van der Waals surface area contributed by atoms with Crippen LogP contribution in [0.25, 0.3) is 11.6 Å². The number of hydrogen-bond acceptors (Lipinski definition) is 3. The van der Waals surface area contributed by atoms with Crippen LogP contribution in [0.5, 0.6) is 11.5 Å². The average Bonchev–Trinajstić information content (AvgIpc) is 2.53. The van der Waals surface area contributed by atoms with Gasteiger partial charge in [-0.3, -0.25) is 0 Å². The number of benzene rings is 2. The molecule has 4 heteroatoms. The fourth-order valence-corrected chi connectivity index (χ4v) is 2.09. The Morgan fingerprint density at radius 1 is 1.05 bits per heavy atom. The summed E-state index contributed by atoms with van der Waals surface area (Å²) in [5.74, 6) is 0.230. The van der Waals surface area contributed by atoms with Crippen LogP contribution in [0.2, 0.25) is 0 Å². The van der Waals surface area contributed by atoms with Gasteiger partial charge in [-0.25, -0.2) is 4.79 Å². The summed E-state index contributed by atoms with van der Waals surface area (Å²) in [6, 6.07) is 12.6. The van der Waals surface area contributed by atoms with Crippen LogP contribution < -0.4 is 9.47 Å². The van der Waals surface area contributed by atoms with Crippen molar-refractivity contribution in [2.75, 3.05) is 14.2 Å². The Morgan fingerprint density at radius 3 is 2.27 bits per heavy atom.